The van der Waals surface area contributed by atoms with E-state index in [2.05, 4.69) is 25.2 Å². The molecule has 0 bridgehead atoms. The number of halogens is 2. The van der Waals surface area contributed by atoms with Gasteiger partial charge < -0.3 is 20.3 Å². The monoisotopic (exact) mass is 477 g/mol. The maximum absolute atomic E-state index is 12.6. The van der Waals surface area contributed by atoms with Crippen LogP contribution in [0.3, 0.4) is 0 Å². The second kappa shape index (κ2) is 7.51. The summed E-state index contributed by atoms with van der Waals surface area (Å²) < 4.78 is 0. The first-order valence-electron chi connectivity index (χ1n) is 9.59. The molecule has 2 fully saturated rings. The normalized spacial score (nSPS) is 21.8. The number of aromatic amines is 1. The van der Waals surface area contributed by atoms with Gasteiger partial charge >= 0.3 is 5.97 Å². The summed E-state index contributed by atoms with van der Waals surface area (Å²) in [5.41, 5.74) is 2.11. The summed E-state index contributed by atoms with van der Waals surface area (Å²) in [6.45, 7) is 3.17. The molecule has 5 rings (SSSR count). The predicted octanol–water partition coefficient (Wildman–Crippen LogP) is 3.71. The largest absolute Gasteiger partial charge is 0.477 e. The molecule has 0 unspecified atom stereocenters. The van der Waals surface area contributed by atoms with Crippen molar-refractivity contribution < 1.29 is 14.7 Å². The molecule has 160 valence electrons. The Balaban J connectivity index is 1.28. The number of carbonyl (C=O) groups is 2. The lowest BCUT2D eigenvalue weighted by Gasteiger charge is -2.19. The molecular formula is C20H17Cl2N5O3S. The van der Waals surface area contributed by atoms with Crippen LogP contribution in [0.4, 0.5) is 5.13 Å². The number of hydrogen-bond donors (Lipinski definition) is 3. The molecule has 4 heterocycles. The Morgan fingerprint density at radius 2 is 1.90 bits per heavy atom. The summed E-state index contributed by atoms with van der Waals surface area (Å²) in [6.07, 6.45) is 3.23. The number of aromatic carboxylic acids is 1. The fourth-order valence-corrected chi connectivity index (χ4v) is 5.50. The lowest BCUT2D eigenvalue weighted by Crippen LogP contribution is -2.34. The van der Waals surface area contributed by atoms with Crippen LogP contribution in [0.5, 0.6) is 0 Å². The third-order valence-electron chi connectivity index (χ3n) is 5.81. The number of piperidine rings is 1. The maximum Gasteiger partial charge on any atom is 0.348 e. The first-order valence-corrected chi connectivity index (χ1v) is 11.2. The molecule has 3 atom stereocenters. The molecule has 31 heavy (non-hydrogen) atoms. The SMILES string of the molecule is Cc1[nH]c(C(=O)N[C@H]2[C@@H]3CN(c4nc(-c5ccncc5)c(C(=O)O)s4)C[C@@H]32)c(Cl)c1Cl. The molecule has 1 saturated carbocycles. The number of carboxylic acids is 1. The highest BCUT2D eigenvalue weighted by atomic mass is 35.5. The molecule has 3 N–H and O–H groups in total. The highest BCUT2D eigenvalue weighted by Gasteiger charge is 2.57. The van der Waals surface area contributed by atoms with E-state index in [4.69, 9.17) is 23.2 Å². The summed E-state index contributed by atoms with van der Waals surface area (Å²) in [5.74, 6) is -0.693. The van der Waals surface area contributed by atoms with Gasteiger partial charge in [-0.1, -0.05) is 34.5 Å². The van der Waals surface area contributed by atoms with Gasteiger partial charge in [0.15, 0.2) is 5.13 Å². The average Bonchev–Trinajstić information content (AvgIpc) is 3.16. The van der Waals surface area contributed by atoms with E-state index >= 15 is 0 Å². The summed E-state index contributed by atoms with van der Waals surface area (Å²) in [5, 5.41) is 13.9. The van der Waals surface area contributed by atoms with E-state index in [1.807, 2.05) is 0 Å². The third-order valence-corrected chi connectivity index (χ3v) is 7.86. The Labute approximate surface area is 191 Å². The topological polar surface area (TPSA) is 111 Å². The van der Waals surface area contributed by atoms with E-state index in [0.29, 0.717) is 34.6 Å². The standard InChI is InChI=1S/C20H17Cl2N5O3S/c1-8-12(21)13(22)16(24-8)18(28)25-15-10-6-27(7-11(10)15)20-26-14(17(31-20)19(29)30)9-2-4-23-5-3-9/h2-5,10-11,15,24H,6-7H2,1H3,(H,25,28)(H,29,30)/t10-,11+,15+. The quantitative estimate of drug-likeness (QED) is 0.516. The van der Waals surface area contributed by atoms with Crippen molar-refractivity contribution in [3.63, 3.8) is 0 Å². The summed E-state index contributed by atoms with van der Waals surface area (Å²) in [6, 6.07) is 3.55. The van der Waals surface area contributed by atoms with Gasteiger partial charge in [0.2, 0.25) is 0 Å². The minimum absolute atomic E-state index is 0.0563. The predicted molar refractivity (Wildman–Crippen MR) is 118 cm³/mol. The molecule has 1 saturated heterocycles. The number of thiazole rings is 1. The van der Waals surface area contributed by atoms with Crippen molar-refractivity contribution in [2.75, 3.05) is 18.0 Å². The minimum atomic E-state index is -0.998. The number of aryl methyl sites for hydroxylation is 1. The fourth-order valence-electron chi connectivity index (χ4n) is 4.14. The number of hydrogen-bond acceptors (Lipinski definition) is 6. The number of rotatable bonds is 5. The average molecular weight is 478 g/mol. The number of pyridine rings is 1. The smallest absolute Gasteiger partial charge is 0.348 e. The Bertz CT molecular complexity index is 1180. The molecular weight excluding hydrogens is 461 g/mol. The van der Waals surface area contributed by atoms with Crippen LogP contribution in [0.15, 0.2) is 24.5 Å². The van der Waals surface area contributed by atoms with Gasteiger partial charge in [0.25, 0.3) is 5.91 Å². The molecule has 0 spiro atoms. The molecule has 8 nitrogen and oxygen atoms in total. The van der Waals surface area contributed by atoms with Gasteiger partial charge in [0.05, 0.1) is 15.7 Å². The molecule has 3 aromatic rings. The van der Waals surface area contributed by atoms with Crippen LogP contribution < -0.4 is 10.2 Å². The van der Waals surface area contributed by atoms with E-state index in [-0.39, 0.29) is 39.4 Å². The van der Waals surface area contributed by atoms with Crippen LogP contribution in [0.1, 0.15) is 25.9 Å². The van der Waals surface area contributed by atoms with Gasteiger partial charge in [0.1, 0.15) is 10.6 Å². The van der Waals surface area contributed by atoms with Crippen molar-refractivity contribution in [2.24, 2.45) is 11.8 Å². The van der Waals surface area contributed by atoms with Crippen LogP contribution in [-0.2, 0) is 0 Å². The molecule has 0 radical (unpaired) electrons. The zero-order valence-electron chi connectivity index (χ0n) is 16.2. The van der Waals surface area contributed by atoms with Gasteiger partial charge in [-0.3, -0.25) is 9.78 Å². The van der Waals surface area contributed by atoms with Gasteiger partial charge in [-0.05, 0) is 19.1 Å². The molecule has 2 aliphatic rings. The number of carbonyl (C=O) groups excluding carboxylic acids is 1. The minimum Gasteiger partial charge on any atom is -0.477 e. The van der Waals surface area contributed by atoms with Crippen LogP contribution in [0.2, 0.25) is 10.0 Å². The van der Waals surface area contributed by atoms with E-state index in [1.54, 1.807) is 31.5 Å². The molecule has 1 amide bonds. The van der Waals surface area contributed by atoms with Crippen LogP contribution >= 0.6 is 34.5 Å². The molecule has 11 heteroatoms. The lowest BCUT2D eigenvalue weighted by molar-refractivity contribution is 0.0702. The zero-order chi connectivity index (χ0) is 21.9. The van der Waals surface area contributed by atoms with E-state index in [1.165, 1.54) is 11.3 Å². The highest BCUT2D eigenvalue weighted by molar-refractivity contribution is 7.17. The van der Waals surface area contributed by atoms with Gasteiger partial charge in [-0.2, -0.15) is 0 Å². The first kappa shape index (κ1) is 20.3. The summed E-state index contributed by atoms with van der Waals surface area (Å²) in [7, 11) is 0. The van der Waals surface area contributed by atoms with Gasteiger partial charge in [-0.25, -0.2) is 9.78 Å². The lowest BCUT2D eigenvalue weighted by atomic mass is 10.2. The first-order chi connectivity index (χ1) is 14.8. The molecule has 0 aromatic carbocycles. The van der Waals surface area contributed by atoms with Crippen molar-refractivity contribution in [2.45, 2.75) is 13.0 Å². The Kier molecular flexibility index (Phi) is 4.91. The van der Waals surface area contributed by atoms with Crippen molar-refractivity contribution in [1.29, 1.82) is 0 Å². The second-order valence-corrected chi connectivity index (χ2v) is 9.43. The number of H-pyrrole nitrogens is 1. The molecule has 1 aliphatic carbocycles. The van der Waals surface area contributed by atoms with Gasteiger partial charge in [0, 0.05) is 54.6 Å². The van der Waals surface area contributed by atoms with E-state index in [9.17, 15) is 14.7 Å². The Morgan fingerprint density at radius 1 is 1.23 bits per heavy atom. The molecule has 3 aromatic heterocycles. The number of anilines is 1. The van der Waals surface area contributed by atoms with Crippen molar-refractivity contribution in [3.8, 4) is 11.3 Å². The van der Waals surface area contributed by atoms with Gasteiger partial charge in [-0.15, -0.1) is 0 Å². The molecule has 1 aliphatic heterocycles. The van der Waals surface area contributed by atoms with E-state index < -0.39 is 5.97 Å². The number of fused-ring (bicyclic) bond motifs is 1. The van der Waals surface area contributed by atoms with Crippen LogP contribution in [-0.4, -0.2) is 51.1 Å². The highest BCUT2D eigenvalue weighted by Crippen LogP contribution is 2.48. The number of carboxylic acid groups (broad SMARTS) is 1. The number of amides is 1. The maximum atomic E-state index is 12.6. The van der Waals surface area contributed by atoms with Crippen LogP contribution in [0.25, 0.3) is 11.3 Å². The second-order valence-electron chi connectivity index (χ2n) is 7.70. The van der Waals surface area contributed by atoms with Crippen molar-refractivity contribution >= 4 is 51.5 Å². The third kappa shape index (κ3) is 3.46. The number of aromatic nitrogens is 3. The zero-order valence-corrected chi connectivity index (χ0v) is 18.6. The van der Waals surface area contributed by atoms with E-state index in [0.717, 1.165) is 5.56 Å². The van der Waals surface area contributed by atoms with Crippen molar-refractivity contribution in [1.82, 2.24) is 20.3 Å². The Morgan fingerprint density at radius 3 is 2.48 bits per heavy atom. The number of nitrogens with one attached hydrogen (secondary N) is 2. The number of nitrogens with zero attached hydrogens (tertiary/aromatic N) is 3. The van der Waals surface area contributed by atoms with Crippen LogP contribution in [0, 0.1) is 18.8 Å². The fraction of sp³-hybridized carbons (Fsp3) is 0.300. The summed E-state index contributed by atoms with van der Waals surface area (Å²) >= 11 is 13.4. The Hall–Kier alpha value is -2.62. The van der Waals surface area contributed by atoms with Crippen molar-refractivity contribution in [3.05, 3.63) is 50.8 Å². The summed E-state index contributed by atoms with van der Waals surface area (Å²) in [4.78, 5) is 38.1.